The lowest BCUT2D eigenvalue weighted by Crippen LogP contribution is -2.36. The minimum Gasteiger partial charge on any atom is -0.465 e. The molecule has 1 aromatic carbocycles. The number of aryl methyl sites for hydroxylation is 2. The quantitative estimate of drug-likeness (QED) is 0.849. The maximum absolute atomic E-state index is 12.3. The highest BCUT2D eigenvalue weighted by atomic mass is 16.3. The number of furan rings is 1. The summed E-state index contributed by atoms with van der Waals surface area (Å²) in [6.07, 6.45) is 0.871. The highest BCUT2D eigenvalue weighted by Crippen LogP contribution is 2.17. The first-order valence-electron chi connectivity index (χ1n) is 8.07. The monoisotopic (exact) mass is 314 g/mol. The average Bonchev–Trinajstić information content (AvgIpc) is 2.90. The Kier molecular flexibility index (Phi) is 5.99. The maximum Gasteiger partial charge on any atom is 0.234 e. The van der Waals surface area contributed by atoms with Crippen LogP contribution in [0.4, 0.5) is 0 Å². The Morgan fingerprint density at radius 2 is 1.87 bits per heavy atom. The number of hydrogen-bond acceptors (Lipinski definition) is 3. The van der Waals surface area contributed by atoms with Crippen molar-refractivity contribution in [1.82, 2.24) is 10.2 Å². The van der Waals surface area contributed by atoms with Crippen LogP contribution in [0.1, 0.15) is 42.0 Å². The highest BCUT2D eigenvalue weighted by Gasteiger charge is 2.14. The number of carbonyl (C=O) groups excluding carboxylic acids is 1. The summed E-state index contributed by atoms with van der Waals surface area (Å²) in [6, 6.07) is 12.3. The number of nitrogens with one attached hydrogen (secondary N) is 1. The Morgan fingerprint density at radius 1 is 1.17 bits per heavy atom. The molecule has 0 saturated carbocycles. The van der Waals surface area contributed by atoms with Crippen molar-refractivity contribution in [3.05, 3.63) is 59.0 Å². The van der Waals surface area contributed by atoms with Crippen molar-refractivity contribution < 1.29 is 9.21 Å². The van der Waals surface area contributed by atoms with Gasteiger partial charge in [0.1, 0.15) is 11.5 Å². The fraction of sp³-hybridized carbons (Fsp3) is 0.421. The third kappa shape index (κ3) is 5.25. The molecule has 0 aliphatic heterocycles. The molecular weight excluding hydrogens is 288 g/mol. The van der Waals surface area contributed by atoms with Crippen LogP contribution >= 0.6 is 0 Å². The molecule has 1 N–H and O–H groups in total. The van der Waals surface area contributed by atoms with Crippen molar-refractivity contribution in [1.29, 1.82) is 0 Å². The average molecular weight is 314 g/mol. The lowest BCUT2D eigenvalue weighted by Gasteiger charge is -2.20. The van der Waals surface area contributed by atoms with Crippen LogP contribution in [0.3, 0.4) is 0 Å². The van der Waals surface area contributed by atoms with E-state index >= 15 is 0 Å². The Bertz CT molecular complexity index is 631. The van der Waals surface area contributed by atoms with Crippen molar-refractivity contribution in [3.63, 3.8) is 0 Å². The molecule has 0 aliphatic rings. The van der Waals surface area contributed by atoms with Crippen LogP contribution in [0.5, 0.6) is 0 Å². The largest absolute Gasteiger partial charge is 0.465 e. The van der Waals surface area contributed by atoms with E-state index in [1.165, 1.54) is 5.56 Å². The second-order valence-electron chi connectivity index (χ2n) is 6.12. The van der Waals surface area contributed by atoms with E-state index in [4.69, 9.17) is 4.42 Å². The number of benzene rings is 1. The van der Waals surface area contributed by atoms with Gasteiger partial charge in [0.2, 0.25) is 5.91 Å². The van der Waals surface area contributed by atoms with Gasteiger partial charge < -0.3 is 9.73 Å². The van der Waals surface area contributed by atoms with Crippen molar-refractivity contribution in [3.8, 4) is 0 Å². The standard InChI is InChI=1S/C19H26N2O2/c1-5-18(16-9-6-14(2)7-10-16)20-19(22)13-21(4)12-17-11-8-15(3)23-17/h6-11,18H,5,12-13H2,1-4H3,(H,20,22)/t18-/m0/s1. The predicted molar refractivity (Wildman–Crippen MR) is 92.1 cm³/mol. The lowest BCUT2D eigenvalue weighted by atomic mass is 10.0. The maximum atomic E-state index is 12.3. The molecule has 0 aliphatic carbocycles. The zero-order valence-electron chi connectivity index (χ0n) is 14.4. The summed E-state index contributed by atoms with van der Waals surface area (Å²) in [6.45, 7) is 7.04. The van der Waals surface area contributed by atoms with Crippen LogP contribution in [0.2, 0.25) is 0 Å². The second kappa shape index (κ2) is 7.97. The molecule has 2 aromatic rings. The topological polar surface area (TPSA) is 45.5 Å². The van der Waals surface area contributed by atoms with Gasteiger partial charge in [-0.25, -0.2) is 0 Å². The summed E-state index contributed by atoms with van der Waals surface area (Å²) < 4.78 is 5.55. The Hall–Kier alpha value is -2.07. The Labute approximate surface area is 138 Å². The number of rotatable bonds is 7. The first-order valence-corrected chi connectivity index (χ1v) is 8.07. The molecule has 0 spiro atoms. The molecule has 1 heterocycles. The third-order valence-corrected chi connectivity index (χ3v) is 3.86. The first kappa shape index (κ1) is 17.3. The van der Waals surface area contributed by atoms with E-state index in [0.717, 1.165) is 23.5 Å². The van der Waals surface area contributed by atoms with E-state index in [-0.39, 0.29) is 11.9 Å². The Morgan fingerprint density at radius 3 is 2.43 bits per heavy atom. The van der Waals surface area contributed by atoms with Gasteiger partial charge >= 0.3 is 0 Å². The number of carbonyl (C=O) groups is 1. The van der Waals surface area contributed by atoms with Crippen LogP contribution < -0.4 is 5.32 Å². The molecule has 2 rings (SSSR count). The molecule has 124 valence electrons. The molecule has 0 fully saturated rings. The zero-order valence-corrected chi connectivity index (χ0v) is 14.4. The molecule has 1 atom stereocenters. The molecule has 23 heavy (non-hydrogen) atoms. The van der Waals surface area contributed by atoms with E-state index in [1.807, 2.05) is 31.0 Å². The molecule has 1 amide bonds. The van der Waals surface area contributed by atoms with Crippen molar-refractivity contribution in [2.45, 2.75) is 39.8 Å². The van der Waals surface area contributed by atoms with Crippen molar-refractivity contribution in [2.75, 3.05) is 13.6 Å². The summed E-state index contributed by atoms with van der Waals surface area (Å²) in [5, 5.41) is 3.11. The third-order valence-electron chi connectivity index (χ3n) is 3.86. The van der Waals surface area contributed by atoms with E-state index < -0.39 is 0 Å². The fourth-order valence-electron chi connectivity index (χ4n) is 2.60. The van der Waals surface area contributed by atoms with Gasteiger partial charge in [-0.2, -0.15) is 0 Å². The molecule has 0 bridgehead atoms. The smallest absolute Gasteiger partial charge is 0.234 e. The number of likely N-dealkylation sites (N-methyl/N-ethyl adjacent to an activating group) is 1. The van der Waals surface area contributed by atoms with Gasteiger partial charge in [0, 0.05) is 0 Å². The molecule has 1 aromatic heterocycles. The van der Waals surface area contributed by atoms with Gasteiger partial charge in [0.05, 0.1) is 19.1 Å². The van der Waals surface area contributed by atoms with Gasteiger partial charge in [-0.1, -0.05) is 36.8 Å². The van der Waals surface area contributed by atoms with E-state index in [0.29, 0.717) is 13.1 Å². The van der Waals surface area contributed by atoms with Crippen LogP contribution in [0.25, 0.3) is 0 Å². The summed E-state index contributed by atoms with van der Waals surface area (Å²) in [5.41, 5.74) is 2.37. The summed E-state index contributed by atoms with van der Waals surface area (Å²) in [7, 11) is 1.92. The molecule has 4 heteroatoms. The first-order chi connectivity index (χ1) is 11.0. The van der Waals surface area contributed by atoms with Crippen LogP contribution in [0, 0.1) is 13.8 Å². The number of hydrogen-bond donors (Lipinski definition) is 1. The van der Waals surface area contributed by atoms with Gasteiger partial charge in [0.15, 0.2) is 0 Å². The number of amides is 1. The van der Waals surface area contributed by atoms with E-state index in [9.17, 15) is 4.79 Å². The Balaban J connectivity index is 1.88. The highest BCUT2D eigenvalue weighted by molar-refractivity contribution is 5.78. The van der Waals surface area contributed by atoms with E-state index in [1.54, 1.807) is 0 Å². The predicted octanol–water partition coefficient (Wildman–Crippen LogP) is 3.60. The summed E-state index contributed by atoms with van der Waals surface area (Å²) >= 11 is 0. The number of nitrogens with zero attached hydrogens (tertiary/aromatic N) is 1. The van der Waals surface area contributed by atoms with Crippen molar-refractivity contribution >= 4 is 5.91 Å². The van der Waals surface area contributed by atoms with Crippen LogP contribution in [0.15, 0.2) is 40.8 Å². The molecule has 0 unspecified atom stereocenters. The zero-order chi connectivity index (χ0) is 16.8. The van der Waals surface area contributed by atoms with Gasteiger partial charge in [0.25, 0.3) is 0 Å². The normalized spacial score (nSPS) is 12.4. The molecule has 0 radical (unpaired) electrons. The summed E-state index contributed by atoms with van der Waals surface area (Å²) in [5.74, 6) is 1.80. The van der Waals surface area contributed by atoms with Gasteiger partial charge in [-0.15, -0.1) is 0 Å². The lowest BCUT2D eigenvalue weighted by molar-refractivity contribution is -0.122. The van der Waals surface area contributed by atoms with Crippen molar-refractivity contribution in [2.24, 2.45) is 0 Å². The summed E-state index contributed by atoms with van der Waals surface area (Å²) in [4.78, 5) is 14.2. The van der Waals surface area contributed by atoms with Gasteiger partial charge in [-0.05, 0) is 45.0 Å². The second-order valence-corrected chi connectivity index (χ2v) is 6.12. The van der Waals surface area contributed by atoms with Gasteiger partial charge in [-0.3, -0.25) is 9.69 Å². The van der Waals surface area contributed by atoms with Crippen LogP contribution in [-0.2, 0) is 11.3 Å². The fourth-order valence-corrected chi connectivity index (χ4v) is 2.60. The van der Waals surface area contributed by atoms with E-state index in [2.05, 4.69) is 43.4 Å². The molecule has 4 nitrogen and oxygen atoms in total. The molecular formula is C19H26N2O2. The minimum absolute atomic E-state index is 0.0307. The minimum atomic E-state index is 0.0307. The van der Waals surface area contributed by atoms with Crippen LogP contribution in [-0.4, -0.2) is 24.4 Å². The SMILES string of the molecule is CC[C@H](NC(=O)CN(C)Cc1ccc(C)o1)c1ccc(C)cc1. The molecule has 0 saturated heterocycles.